The number of hydrogen-bond donors (Lipinski definition) is 0. The van der Waals surface area contributed by atoms with E-state index >= 15 is 0 Å². The van der Waals surface area contributed by atoms with E-state index in [2.05, 4.69) is 52.3 Å². The molecule has 3 aromatic rings. The Bertz CT molecular complexity index is 784. The summed E-state index contributed by atoms with van der Waals surface area (Å²) in [5.41, 5.74) is 4.90. The quantitative estimate of drug-likeness (QED) is 0.738. The van der Waals surface area contributed by atoms with Crippen LogP contribution in [0.1, 0.15) is 16.8 Å². The van der Waals surface area contributed by atoms with Gasteiger partial charge in [0.05, 0.1) is 5.69 Å². The summed E-state index contributed by atoms with van der Waals surface area (Å²) in [4.78, 5) is 11.8. The second kappa shape index (κ2) is 6.31. The second-order valence-electron chi connectivity index (χ2n) is 5.98. The molecule has 0 bridgehead atoms. The first-order valence-electron chi connectivity index (χ1n) is 8.05. The molecule has 0 saturated heterocycles. The molecular formula is C20H19N3. The number of fused-ring (bicyclic) bond motifs is 1. The van der Waals surface area contributed by atoms with E-state index in [0.717, 1.165) is 37.4 Å². The lowest BCUT2D eigenvalue weighted by atomic mass is 10.1. The van der Waals surface area contributed by atoms with Gasteiger partial charge in [-0.25, -0.2) is 9.97 Å². The van der Waals surface area contributed by atoms with E-state index in [0.29, 0.717) is 0 Å². The number of nitrogens with zero attached hydrogens (tertiary/aromatic N) is 3. The fourth-order valence-corrected chi connectivity index (χ4v) is 3.08. The molecule has 1 aromatic heterocycles. The molecule has 0 atom stereocenters. The highest BCUT2D eigenvalue weighted by Gasteiger charge is 2.18. The molecule has 0 N–H and O–H groups in total. The minimum Gasteiger partial charge on any atom is -0.294 e. The molecule has 0 spiro atoms. The summed E-state index contributed by atoms with van der Waals surface area (Å²) in [5.74, 6) is 0.834. The van der Waals surface area contributed by atoms with Crippen LogP contribution in [0.2, 0.25) is 0 Å². The van der Waals surface area contributed by atoms with Crippen LogP contribution in [0, 0.1) is 0 Å². The molecule has 114 valence electrons. The van der Waals surface area contributed by atoms with Gasteiger partial charge in [0.15, 0.2) is 5.82 Å². The first-order chi connectivity index (χ1) is 11.4. The van der Waals surface area contributed by atoms with Gasteiger partial charge in [-0.15, -0.1) is 0 Å². The van der Waals surface area contributed by atoms with E-state index in [1.807, 2.05) is 24.4 Å². The zero-order chi connectivity index (χ0) is 15.5. The van der Waals surface area contributed by atoms with Crippen molar-refractivity contribution in [1.82, 2.24) is 14.9 Å². The Balaban J connectivity index is 1.52. The minimum atomic E-state index is 0.834. The zero-order valence-electron chi connectivity index (χ0n) is 13.0. The SMILES string of the molecule is c1ccc(CN2CCc3nc(-c4ccccc4)ncc3C2)cc1. The third-order valence-electron chi connectivity index (χ3n) is 4.29. The molecule has 1 aliphatic heterocycles. The molecule has 2 aromatic carbocycles. The van der Waals surface area contributed by atoms with Gasteiger partial charge in [0, 0.05) is 43.4 Å². The van der Waals surface area contributed by atoms with Gasteiger partial charge in [-0.1, -0.05) is 60.7 Å². The molecule has 4 rings (SSSR count). The standard InChI is InChI=1S/C20H19N3/c1-3-7-16(8-4-1)14-23-12-11-19-18(15-23)13-21-20(22-19)17-9-5-2-6-10-17/h1-10,13H,11-12,14-15H2. The smallest absolute Gasteiger partial charge is 0.159 e. The van der Waals surface area contributed by atoms with Crippen LogP contribution in [0.4, 0.5) is 0 Å². The Morgan fingerprint density at radius 1 is 0.913 bits per heavy atom. The van der Waals surface area contributed by atoms with Crippen LogP contribution in [0.5, 0.6) is 0 Å². The monoisotopic (exact) mass is 301 g/mol. The van der Waals surface area contributed by atoms with Gasteiger partial charge in [-0.3, -0.25) is 4.90 Å². The average Bonchev–Trinajstić information content (AvgIpc) is 2.63. The lowest BCUT2D eigenvalue weighted by Crippen LogP contribution is -2.30. The van der Waals surface area contributed by atoms with Crippen molar-refractivity contribution >= 4 is 0 Å². The van der Waals surface area contributed by atoms with Crippen molar-refractivity contribution in [2.45, 2.75) is 19.5 Å². The van der Waals surface area contributed by atoms with Crippen molar-refractivity contribution in [3.63, 3.8) is 0 Å². The highest BCUT2D eigenvalue weighted by Crippen LogP contribution is 2.21. The number of hydrogen-bond acceptors (Lipinski definition) is 3. The van der Waals surface area contributed by atoms with Gasteiger partial charge in [0.1, 0.15) is 0 Å². The van der Waals surface area contributed by atoms with Gasteiger partial charge >= 0.3 is 0 Å². The molecular weight excluding hydrogens is 282 g/mol. The second-order valence-corrected chi connectivity index (χ2v) is 5.98. The van der Waals surface area contributed by atoms with Crippen molar-refractivity contribution in [2.24, 2.45) is 0 Å². The van der Waals surface area contributed by atoms with E-state index in [1.165, 1.54) is 16.8 Å². The zero-order valence-corrected chi connectivity index (χ0v) is 13.0. The Hall–Kier alpha value is -2.52. The van der Waals surface area contributed by atoms with Gasteiger partial charge in [-0.2, -0.15) is 0 Å². The molecule has 3 heteroatoms. The van der Waals surface area contributed by atoms with E-state index < -0.39 is 0 Å². The molecule has 0 fully saturated rings. The van der Waals surface area contributed by atoms with Crippen molar-refractivity contribution in [3.8, 4) is 11.4 Å². The Kier molecular flexibility index (Phi) is 3.86. The van der Waals surface area contributed by atoms with Crippen LogP contribution in [-0.2, 0) is 19.5 Å². The molecule has 2 heterocycles. The van der Waals surface area contributed by atoms with Gasteiger partial charge in [0.25, 0.3) is 0 Å². The minimum absolute atomic E-state index is 0.834. The third-order valence-corrected chi connectivity index (χ3v) is 4.29. The van der Waals surface area contributed by atoms with Crippen LogP contribution < -0.4 is 0 Å². The van der Waals surface area contributed by atoms with Crippen molar-refractivity contribution in [3.05, 3.63) is 83.7 Å². The maximum absolute atomic E-state index is 4.79. The lowest BCUT2D eigenvalue weighted by Gasteiger charge is -2.28. The van der Waals surface area contributed by atoms with Crippen molar-refractivity contribution < 1.29 is 0 Å². The van der Waals surface area contributed by atoms with E-state index in [4.69, 9.17) is 4.98 Å². The van der Waals surface area contributed by atoms with E-state index in [1.54, 1.807) is 0 Å². The molecule has 0 saturated carbocycles. The number of aromatic nitrogens is 2. The highest BCUT2D eigenvalue weighted by molar-refractivity contribution is 5.54. The maximum Gasteiger partial charge on any atom is 0.159 e. The highest BCUT2D eigenvalue weighted by atomic mass is 15.1. The third kappa shape index (κ3) is 3.15. The van der Waals surface area contributed by atoms with E-state index in [9.17, 15) is 0 Å². The molecule has 0 radical (unpaired) electrons. The number of rotatable bonds is 3. The first-order valence-corrected chi connectivity index (χ1v) is 8.05. The van der Waals surface area contributed by atoms with Gasteiger partial charge < -0.3 is 0 Å². The maximum atomic E-state index is 4.79. The van der Waals surface area contributed by atoms with E-state index in [-0.39, 0.29) is 0 Å². The molecule has 23 heavy (non-hydrogen) atoms. The fraction of sp³-hybridized carbons (Fsp3) is 0.200. The van der Waals surface area contributed by atoms with Crippen LogP contribution >= 0.6 is 0 Å². The lowest BCUT2D eigenvalue weighted by molar-refractivity contribution is 0.243. The van der Waals surface area contributed by atoms with Gasteiger partial charge in [-0.05, 0) is 5.56 Å². The molecule has 0 aliphatic carbocycles. The fourth-order valence-electron chi connectivity index (χ4n) is 3.08. The Morgan fingerprint density at radius 3 is 2.43 bits per heavy atom. The van der Waals surface area contributed by atoms with Crippen molar-refractivity contribution in [2.75, 3.05) is 6.54 Å². The first kappa shape index (κ1) is 14.1. The average molecular weight is 301 g/mol. The predicted octanol–water partition coefficient (Wildman–Crippen LogP) is 3.70. The van der Waals surface area contributed by atoms with Crippen LogP contribution in [-0.4, -0.2) is 21.4 Å². The summed E-state index contributed by atoms with van der Waals surface area (Å²) in [7, 11) is 0. The Labute approximate surface area is 136 Å². The molecule has 0 amide bonds. The summed E-state index contributed by atoms with van der Waals surface area (Å²) < 4.78 is 0. The number of benzene rings is 2. The predicted molar refractivity (Wildman–Crippen MR) is 91.7 cm³/mol. The van der Waals surface area contributed by atoms with Crippen LogP contribution in [0.3, 0.4) is 0 Å². The van der Waals surface area contributed by atoms with Crippen molar-refractivity contribution in [1.29, 1.82) is 0 Å². The molecule has 0 unspecified atom stereocenters. The largest absolute Gasteiger partial charge is 0.294 e. The van der Waals surface area contributed by atoms with Crippen LogP contribution in [0.25, 0.3) is 11.4 Å². The molecule has 3 nitrogen and oxygen atoms in total. The normalized spacial score (nSPS) is 14.4. The summed E-state index contributed by atoms with van der Waals surface area (Å²) in [5, 5.41) is 0. The summed E-state index contributed by atoms with van der Waals surface area (Å²) in [6, 6.07) is 20.8. The summed E-state index contributed by atoms with van der Waals surface area (Å²) in [6.45, 7) is 2.97. The van der Waals surface area contributed by atoms with Gasteiger partial charge in [0.2, 0.25) is 0 Å². The summed E-state index contributed by atoms with van der Waals surface area (Å²) in [6.07, 6.45) is 2.99. The molecule has 1 aliphatic rings. The summed E-state index contributed by atoms with van der Waals surface area (Å²) >= 11 is 0. The topological polar surface area (TPSA) is 29.0 Å². The Morgan fingerprint density at radius 2 is 1.65 bits per heavy atom. The van der Waals surface area contributed by atoms with Crippen LogP contribution in [0.15, 0.2) is 66.9 Å².